The van der Waals surface area contributed by atoms with Crippen LogP contribution in [-0.4, -0.2) is 0 Å². The maximum Gasteiger partial charge on any atom is 0.0789 e. The summed E-state index contributed by atoms with van der Waals surface area (Å²) >= 11 is 6.29. The third-order valence-corrected chi connectivity index (χ3v) is 2.93. The monoisotopic (exact) mass is 243 g/mol. The average Bonchev–Trinajstić information content (AvgIpc) is 2.40. The molecular weight excluding hydrogens is 230 g/mol. The van der Waals surface area contributed by atoms with Crippen molar-refractivity contribution < 1.29 is 0 Å². The van der Waals surface area contributed by atoms with E-state index in [1.807, 2.05) is 66.7 Å². The summed E-state index contributed by atoms with van der Waals surface area (Å²) in [5.41, 5.74) is 8.76. The lowest BCUT2D eigenvalue weighted by Crippen LogP contribution is -1.98. The van der Waals surface area contributed by atoms with E-state index in [4.69, 9.17) is 17.3 Å². The van der Waals surface area contributed by atoms with Crippen molar-refractivity contribution in [2.24, 2.45) is 5.73 Å². The highest BCUT2D eigenvalue weighted by atomic mass is 35.5. The van der Waals surface area contributed by atoms with Crippen LogP contribution in [0.2, 0.25) is 0 Å². The highest BCUT2D eigenvalue weighted by Crippen LogP contribution is 2.24. The Kier molecular flexibility index (Phi) is 3.84. The molecule has 2 N–H and O–H groups in total. The smallest absolute Gasteiger partial charge is 0.0789 e. The first-order valence-corrected chi connectivity index (χ1v) is 5.93. The number of benzene rings is 2. The summed E-state index contributed by atoms with van der Waals surface area (Å²) in [5.74, 6) is 0. The average molecular weight is 244 g/mol. The van der Waals surface area contributed by atoms with Crippen molar-refractivity contribution in [2.75, 3.05) is 0 Å². The van der Waals surface area contributed by atoms with Crippen molar-refractivity contribution in [3.63, 3.8) is 0 Å². The summed E-state index contributed by atoms with van der Waals surface area (Å²) < 4.78 is 0. The molecule has 0 bridgehead atoms. The molecule has 0 aliphatic rings. The van der Waals surface area contributed by atoms with Crippen LogP contribution in [-0.2, 0) is 0 Å². The third kappa shape index (κ3) is 3.11. The second-order valence-corrected chi connectivity index (χ2v) is 4.27. The summed E-state index contributed by atoms with van der Waals surface area (Å²) in [6.07, 6.45) is 1.87. The van der Waals surface area contributed by atoms with Crippen molar-refractivity contribution >= 4 is 17.3 Å². The van der Waals surface area contributed by atoms with Gasteiger partial charge in [0.15, 0.2) is 0 Å². The Bertz CT molecular complexity index is 491. The van der Waals surface area contributed by atoms with E-state index in [0.29, 0.717) is 5.70 Å². The molecule has 0 aliphatic heterocycles. The largest absolute Gasteiger partial charge is 0.398 e. The minimum atomic E-state index is -0.198. The van der Waals surface area contributed by atoms with Gasteiger partial charge in [0.1, 0.15) is 0 Å². The first-order chi connectivity index (χ1) is 8.27. The molecule has 0 spiro atoms. The molecule has 2 heteroatoms. The van der Waals surface area contributed by atoms with Gasteiger partial charge in [0.25, 0.3) is 0 Å². The van der Waals surface area contributed by atoms with E-state index in [0.717, 1.165) is 11.1 Å². The van der Waals surface area contributed by atoms with Crippen molar-refractivity contribution in [3.8, 4) is 0 Å². The third-order valence-electron chi connectivity index (χ3n) is 2.55. The van der Waals surface area contributed by atoms with Gasteiger partial charge in [0.05, 0.1) is 5.38 Å². The Labute approximate surface area is 107 Å². The molecule has 2 aromatic carbocycles. The number of hydrogen-bond acceptors (Lipinski definition) is 1. The van der Waals surface area contributed by atoms with Crippen molar-refractivity contribution in [3.05, 3.63) is 77.9 Å². The molecule has 2 aromatic rings. The van der Waals surface area contributed by atoms with Gasteiger partial charge in [0.2, 0.25) is 0 Å². The minimum absolute atomic E-state index is 0.198. The summed E-state index contributed by atoms with van der Waals surface area (Å²) in [4.78, 5) is 0. The molecule has 0 radical (unpaired) electrons. The second kappa shape index (κ2) is 5.55. The van der Waals surface area contributed by atoms with Crippen LogP contribution in [0.4, 0.5) is 0 Å². The van der Waals surface area contributed by atoms with Crippen molar-refractivity contribution in [1.29, 1.82) is 0 Å². The van der Waals surface area contributed by atoms with E-state index < -0.39 is 0 Å². The van der Waals surface area contributed by atoms with Crippen LogP contribution in [0.1, 0.15) is 16.5 Å². The SMILES string of the molecule is N/C(=C\C(Cl)c1ccccc1)c1ccccc1. The zero-order valence-corrected chi connectivity index (χ0v) is 10.1. The molecular formula is C15H14ClN. The van der Waals surface area contributed by atoms with Crippen LogP contribution in [0, 0.1) is 0 Å². The quantitative estimate of drug-likeness (QED) is 0.812. The summed E-state index contributed by atoms with van der Waals surface area (Å²) in [5, 5.41) is -0.198. The van der Waals surface area contributed by atoms with Crippen LogP contribution in [0.3, 0.4) is 0 Å². The number of halogens is 1. The fourth-order valence-electron chi connectivity index (χ4n) is 1.62. The first kappa shape index (κ1) is 11.7. The van der Waals surface area contributed by atoms with Gasteiger partial charge in [-0.1, -0.05) is 60.7 Å². The molecule has 0 amide bonds. The van der Waals surface area contributed by atoms with E-state index >= 15 is 0 Å². The lowest BCUT2D eigenvalue weighted by Gasteiger charge is -2.07. The van der Waals surface area contributed by atoms with E-state index in [-0.39, 0.29) is 5.38 Å². The highest BCUT2D eigenvalue weighted by Gasteiger charge is 2.05. The topological polar surface area (TPSA) is 26.0 Å². The summed E-state index contributed by atoms with van der Waals surface area (Å²) in [6.45, 7) is 0. The van der Waals surface area contributed by atoms with Crippen LogP contribution in [0.5, 0.6) is 0 Å². The highest BCUT2D eigenvalue weighted by molar-refractivity contribution is 6.22. The Morgan fingerprint density at radius 1 is 0.941 bits per heavy atom. The molecule has 0 saturated heterocycles. The Morgan fingerprint density at radius 3 is 2.06 bits per heavy atom. The molecule has 0 fully saturated rings. The second-order valence-electron chi connectivity index (χ2n) is 3.80. The number of rotatable bonds is 3. The van der Waals surface area contributed by atoms with Crippen LogP contribution in [0.25, 0.3) is 5.70 Å². The van der Waals surface area contributed by atoms with Gasteiger partial charge in [-0.25, -0.2) is 0 Å². The molecule has 1 atom stereocenters. The predicted molar refractivity (Wildman–Crippen MR) is 73.6 cm³/mol. The Hall–Kier alpha value is -1.73. The Balaban J connectivity index is 2.20. The number of nitrogens with two attached hydrogens (primary N) is 1. The zero-order valence-electron chi connectivity index (χ0n) is 9.38. The van der Waals surface area contributed by atoms with Crippen LogP contribution in [0.15, 0.2) is 66.7 Å². The minimum Gasteiger partial charge on any atom is -0.398 e. The standard InChI is InChI=1S/C15H14ClN/c16-14(12-7-3-1-4-8-12)11-15(17)13-9-5-2-6-10-13/h1-11,14H,17H2/b15-11-. The predicted octanol–water partition coefficient (Wildman–Crippen LogP) is 3.97. The van der Waals surface area contributed by atoms with Gasteiger partial charge in [0, 0.05) is 5.70 Å². The number of allylic oxidation sites excluding steroid dienone is 1. The van der Waals surface area contributed by atoms with E-state index in [1.54, 1.807) is 0 Å². The van der Waals surface area contributed by atoms with Gasteiger partial charge in [-0.05, 0) is 17.2 Å². The van der Waals surface area contributed by atoms with Crippen LogP contribution < -0.4 is 5.73 Å². The van der Waals surface area contributed by atoms with Crippen molar-refractivity contribution in [2.45, 2.75) is 5.38 Å². The van der Waals surface area contributed by atoms with E-state index in [9.17, 15) is 0 Å². The fourth-order valence-corrected chi connectivity index (χ4v) is 1.90. The maximum absolute atomic E-state index is 6.29. The van der Waals surface area contributed by atoms with Gasteiger partial charge in [-0.3, -0.25) is 0 Å². The normalized spacial score (nSPS) is 13.4. The summed E-state index contributed by atoms with van der Waals surface area (Å²) in [7, 11) is 0. The molecule has 1 nitrogen and oxygen atoms in total. The first-order valence-electron chi connectivity index (χ1n) is 5.49. The van der Waals surface area contributed by atoms with Gasteiger partial charge in [-0.2, -0.15) is 0 Å². The lowest BCUT2D eigenvalue weighted by molar-refractivity contribution is 1.21. The zero-order chi connectivity index (χ0) is 12.1. The van der Waals surface area contributed by atoms with Gasteiger partial charge in [-0.15, -0.1) is 11.6 Å². The number of hydrogen-bond donors (Lipinski definition) is 1. The summed E-state index contributed by atoms with van der Waals surface area (Å²) in [6, 6.07) is 19.7. The molecule has 17 heavy (non-hydrogen) atoms. The molecule has 0 aliphatic carbocycles. The van der Waals surface area contributed by atoms with Crippen LogP contribution >= 0.6 is 11.6 Å². The fraction of sp³-hybridized carbons (Fsp3) is 0.0667. The van der Waals surface area contributed by atoms with E-state index in [1.165, 1.54) is 0 Å². The van der Waals surface area contributed by atoms with Gasteiger partial charge < -0.3 is 5.73 Å². The molecule has 2 rings (SSSR count). The van der Waals surface area contributed by atoms with Gasteiger partial charge >= 0.3 is 0 Å². The molecule has 1 unspecified atom stereocenters. The lowest BCUT2D eigenvalue weighted by atomic mass is 10.1. The van der Waals surface area contributed by atoms with E-state index in [2.05, 4.69) is 0 Å². The molecule has 0 saturated carbocycles. The molecule has 0 heterocycles. The molecule has 86 valence electrons. The van der Waals surface area contributed by atoms with Crippen molar-refractivity contribution in [1.82, 2.24) is 0 Å². The number of alkyl halides is 1. The maximum atomic E-state index is 6.29. The molecule has 0 aromatic heterocycles. The Morgan fingerprint density at radius 2 is 1.47 bits per heavy atom.